The largest absolute Gasteiger partial charge is 0.497 e. The van der Waals surface area contributed by atoms with E-state index in [0.29, 0.717) is 39.1 Å². The minimum atomic E-state index is -0.639. The van der Waals surface area contributed by atoms with Gasteiger partial charge in [0.05, 0.1) is 32.9 Å². The number of carbonyl (C=O) groups excluding carboxylic acids is 4. The first-order valence-corrected chi connectivity index (χ1v) is 17.9. The second-order valence-electron chi connectivity index (χ2n) is 11.0. The highest BCUT2D eigenvalue weighted by atomic mass is 32.2. The summed E-state index contributed by atoms with van der Waals surface area (Å²) in [6, 6.07) is 30.0. The predicted octanol–water partition coefficient (Wildman–Crippen LogP) is 7.15. The minimum Gasteiger partial charge on any atom is -0.497 e. The lowest BCUT2D eigenvalue weighted by Crippen LogP contribution is -2.30. The third-order valence-corrected chi connectivity index (χ3v) is 9.46. The third-order valence-electron chi connectivity index (χ3n) is 7.38. The van der Waals surface area contributed by atoms with E-state index in [1.54, 1.807) is 85.1 Å². The minimum absolute atomic E-state index is 0.0197. The lowest BCUT2D eigenvalue weighted by molar-refractivity contribution is -0.142. The first kappa shape index (κ1) is 37.3. The highest BCUT2D eigenvalue weighted by Gasteiger charge is 2.24. The topological polar surface area (TPSA) is 145 Å². The molecule has 0 saturated carbocycles. The number of amides is 3. The van der Waals surface area contributed by atoms with Gasteiger partial charge in [-0.15, -0.1) is 23.1 Å². The number of nitrogens with one attached hydrogen (secondary N) is 3. The second-order valence-corrected chi connectivity index (χ2v) is 13.0. The number of nitrogens with zero attached hydrogens (tertiary/aromatic N) is 1. The van der Waals surface area contributed by atoms with Crippen molar-refractivity contribution in [1.82, 2.24) is 10.3 Å². The lowest BCUT2D eigenvalue weighted by atomic mass is 10.1. The molecule has 0 saturated heterocycles. The molecule has 1 heterocycles. The van der Waals surface area contributed by atoms with Crippen molar-refractivity contribution < 1.29 is 33.4 Å². The monoisotopic (exact) mass is 736 g/mol. The summed E-state index contributed by atoms with van der Waals surface area (Å²) in [6.45, 7) is 2.02. The summed E-state index contributed by atoms with van der Waals surface area (Å²) in [5, 5.41) is 9.91. The van der Waals surface area contributed by atoms with Gasteiger partial charge >= 0.3 is 5.97 Å². The normalized spacial score (nSPS) is 11.6. The Labute approximate surface area is 309 Å². The molecular formula is C39H36N4O7S2. The number of thioether (sulfide) groups is 1. The van der Waals surface area contributed by atoms with Crippen LogP contribution in [0.15, 0.2) is 119 Å². The fourth-order valence-electron chi connectivity index (χ4n) is 4.88. The number of methoxy groups -OCH3 is 2. The molecule has 266 valence electrons. The van der Waals surface area contributed by atoms with Crippen LogP contribution in [0.2, 0.25) is 0 Å². The Kier molecular flexibility index (Phi) is 13.2. The first-order valence-electron chi connectivity index (χ1n) is 16.1. The van der Waals surface area contributed by atoms with Crippen LogP contribution in [0.4, 0.5) is 10.8 Å². The van der Waals surface area contributed by atoms with E-state index in [4.69, 9.17) is 14.2 Å². The number of esters is 1. The van der Waals surface area contributed by atoms with E-state index >= 15 is 0 Å². The van der Waals surface area contributed by atoms with Gasteiger partial charge in [0.25, 0.3) is 11.8 Å². The van der Waals surface area contributed by atoms with Gasteiger partial charge in [-0.1, -0.05) is 48.5 Å². The van der Waals surface area contributed by atoms with E-state index in [1.807, 2.05) is 30.3 Å². The maximum Gasteiger partial charge on any atom is 0.311 e. The van der Waals surface area contributed by atoms with Crippen molar-refractivity contribution in [3.63, 3.8) is 0 Å². The maximum absolute atomic E-state index is 13.7. The molecular weight excluding hydrogens is 701 g/mol. The summed E-state index contributed by atoms with van der Waals surface area (Å²) in [5.74, 6) is -0.685. The van der Waals surface area contributed by atoms with Crippen LogP contribution in [-0.2, 0) is 25.5 Å². The van der Waals surface area contributed by atoms with E-state index < -0.39 is 17.1 Å². The number of carbonyl (C=O) groups is 4. The molecule has 5 aromatic rings. The van der Waals surface area contributed by atoms with Crippen LogP contribution in [0.25, 0.3) is 6.08 Å². The van der Waals surface area contributed by atoms with Crippen LogP contribution in [0.3, 0.4) is 0 Å². The molecule has 5 rings (SSSR count). The molecule has 11 nitrogen and oxygen atoms in total. The zero-order valence-corrected chi connectivity index (χ0v) is 30.2. The first-order chi connectivity index (χ1) is 25.3. The smallest absolute Gasteiger partial charge is 0.311 e. The van der Waals surface area contributed by atoms with Crippen LogP contribution in [0.1, 0.15) is 39.4 Å². The molecule has 1 atom stereocenters. The average Bonchev–Trinajstić information content (AvgIpc) is 3.60. The Morgan fingerprint density at radius 2 is 1.58 bits per heavy atom. The fourth-order valence-corrected chi connectivity index (χ4v) is 6.62. The molecule has 0 aliphatic carbocycles. The van der Waals surface area contributed by atoms with Crippen molar-refractivity contribution in [2.45, 2.75) is 23.5 Å². The summed E-state index contributed by atoms with van der Waals surface area (Å²) in [7, 11) is 3.04. The van der Waals surface area contributed by atoms with Gasteiger partial charge in [0.2, 0.25) is 5.91 Å². The van der Waals surface area contributed by atoms with Gasteiger partial charge in [0, 0.05) is 27.1 Å². The Hall–Kier alpha value is -5.92. The van der Waals surface area contributed by atoms with E-state index in [9.17, 15) is 19.2 Å². The summed E-state index contributed by atoms with van der Waals surface area (Å²) < 4.78 is 15.8. The summed E-state index contributed by atoms with van der Waals surface area (Å²) in [4.78, 5) is 57.4. The van der Waals surface area contributed by atoms with Crippen LogP contribution in [0, 0.1) is 0 Å². The Bertz CT molecular complexity index is 2040. The van der Waals surface area contributed by atoms with E-state index in [2.05, 4.69) is 20.9 Å². The van der Waals surface area contributed by atoms with Crippen LogP contribution in [-0.4, -0.2) is 49.5 Å². The Balaban J connectivity index is 1.33. The van der Waals surface area contributed by atoms with Crippen molar-refractivity contribution >= 4 is 63.7 Å². The molecule has 0 aliphatic heterocycles. The van der Waals surface area contributed by atoms with Crippen molar-refractivity contribution in [3.05, 3.63) is 137 Å². The number of anilines is 2. The van der Waals surface area contributed by atoms with Gasteiger partial charge < -0.3 is 30.2 Å². The lowest BCUT2D eigenvalue weighted by Gasteiger charge is -2.17. The van der Waals surface area contributed by atoms with Crippen LogP contribution < -0.4 is 25.4 Å². The number of aromatic nitrogens is 1. The van der Waals surface area contributed by atoms with Crippen molar-refractivity contribution in [2.24, 2.45) is 0 Å². The molecule has 0 fully saturated rings. The molecule has 1 aromatic heterocycles. The molecule has 0 aliphatic rings. The summed E-state index contributed by atoms with van der Waals surface area (Å²) >= 11 is 2.56. The molecule has 13 heteroatoms. The van der Waals surface area contributed by atoms with Crippen LogP contribution in [0.5, 0.6) is 11.5 Å². The van der Waals surface area contributed by atoms with E-state index in [0.717, 1.165) is 10.5 Å². The SMILES string of the molecule is CCOC(=O)Cc1csc(NC(=O)C(Sc2ccc(NC(=O)/C(=C/c3cc(OC)ccc3OC)NC(=O)c3ccccc3)cc2)c2ccccc2)n1. The number of benzene rings is 4. The number of hydrogen-bond acceptors (Lipinski definition) is 10. The zero-order chi connectivity index (χ0) is 36.9. The Morgan fingerprint density at radius 3 is 2.25 bits per heavy atom. The molecule has 0 spiro atoms. The van der Waals surface area contributed by atoms with Crippen molar-refractivity contribution in [2.75, 3.05) is 31.5 Å². The zero-order valence-electron chi connectivity index (χ0n) is 28.6. The van der Waals surface area contributed by atoms with Gasteiger partial charge in [-0.05, 0) is 73.2 Å². The standard InChI is InChI=1S/C39H36N4O7S2/c1-4-50-34(44)23-29-24-51-39(41-29)43-38(47)35(25-11-7-5-8-12-25)52-31-18-15-28(16-19-31)40-37(46)32(42-36(45)26-13-9-6-10-14-26)22-27-21-30(48-2)17-20-33(27)49-3/h5-22,24,35H,4,23H2,1-3H3,(H,40,46)(H,42,45)(H,41,43,47)/b32-22-. The second kappa shape index (κ2) is 18.4. The molecule has 1 unspecified atom stereocenters. The average molecular weight is 737 g/mol. The van der Waals surface area contributed by atoms with Gasteiger partial charge in [-0.25, -0.2) is 4.98 Å². The Morgan fingerprint density at radius 1 is 0.865 bits per heavy atom. The molecule has 0 radical (unpaired) electrons. The fraction of sp³-hybridized carbons (Fsp3) is 0.154. The molecule has 0 bridgehead atoms. The molecule has 3 amide bonds. The van der Waals surface area contributed by atoms with Gasteiger partial charge in [-0.3, -0.25) is 19.2 Å². The van der Waals surface area contributed by atoms with Crippen molar-refractivity contribution in [3.8, 4) is 11.5 Å². The number of hydrogen-bond donors (Lipinski definition) is 3. The molecule has 52 heavy (non-hydrogen) atoms. The quantitative estimate of drug-likeness (QED) is 0.0580. The summed E-state index contributed by atoms with van der Waals surface area (Å²) in [6.07, 6.45) is 1.54. The number of rotatable bonds is 15. The highest BCUT2D eigenvalue weighted by molar-refractivity contribution is 8.00. The predicted molar refractivity (Wildman–Crippen MR) is 203 cm³/mol. The van der Waals surface area contributed by atoms with Gasteiger partial charge in [-0.2, -0.15) is 0 Å². The maximum atomic E-state index is 13.7. The van der Waals surface area contributed by atoms with Gasteiger partial charge in [0.1, 0.15) is 22.4 Å². The third kappa shape index (κ3) is 10.3. The highest BCUT2D eigenvalue weighted by Crippen LogP contribution is 2.37. The molecule has 4 aromatic carbocycles. The molecule has 3 N–H and O–H groups in total. The summed E-state index contributed by atoms with van der Waals surface area (Å²) in [5.41, 5.74) is 2.63. The van der Waals surface area contributed by atoms with Gasteiger partial charge in [0.15, 0.2) is 5.13 Å². The van der Waals surface area contributed by atoms with E-state index in [-0.39, 0.29) is 30.6 Å². The van der Waals surface area contributed by atoms with Crippen molar-refractivity contribution in [1.29, 1.82) is 0 Å². The van der Waals surface area contributed by atoms with Crippen LogP contribution >= 0.6 is 23.1 Å². The van der Waals surface area contributed by atoms with E-state index in [1.165, 1.54) is 43.4 Å². The number of ether oxygens (including phenoxy) is 3. The number of thiazole rings is 1.